The van der Waals surface area contributed by atoms with Gasteiger partial charge in [0, 0.05) is 0 Å². The first-order valence-corrected chi connectivity index (χ1v) is 9.12. The molecule has 0 N–H and O–H groups in total. The van der Waals surface area contributed by atoms with E-state index in [1.165, 1.54) is 89.9 Å². The quantitative estimate of drug-likeness (QED) is 0.394. The van der Waals surface area contributed by atoms with Crippen LogP contribution in [0.15, 0.2) is 0 Å². The Labute approximate surface area is 122 Å². The summed E-state index contributed by atoms with van der Waals surface area (Å²) in [4.78, 5) is 0. The molecule has 0 spiro atoms. The summed E-state index contributed by atoms with van der Waals surface area (Å²) in [6.07, 6.45) is 21.6. The molecule has 0 aromatic carbocycles. The molecule has 0 aliphatic heterocycles. The Bertz CT molecular complexity index is 196. The molecule has 108 valence electrons. The summed E-state index contributed by atoms with van der Waals surface area (Å²) in [6, 6.07) is 0. The first kappa shape index (κ1) is 15.5. The van der Waals surface area contributed by atoms with E-state index in [2.05, 4.69) is 0 Å². The van der Waals surface area contributed by atoms with E-state index < -0.39 is 0 Å². The molecule has 0 amide bonds. The van der Waals surface area contributed by atoms with Crippen LogP contribution in [0.1, 0.15) is 89.9 Å². The van der Waals surface area contributed by atoms with Crippen LogP contribution < -0.4 is 0 Å². The van der Waals surface area contributed by atoms with Crippen molar-refractivity contribution in [3.8, 4) is 0 Å². The first-order chi connectivity index (χ1) is 9.42. The Hall–Kier alpha value is 0.0649. The van der Waals surface area contributed by atoms with Crippen molar-refractivity contribution in [1.82, 2.24) is 0 Å². The fourth-order valence-corrected chi connectivity index (χ4v) is 4.68. The summed E-state index contributed by atoms with van der Waals surface area (Å²) in [6.45, 7) is 0. The normalized spacial score (nSPS) is 23.0. The highest BCUT2D eigenvalue weighted by Gasteiger charge is 2.30. The minimum absolute atomic E-state index is 0.886. The number of hydrogen-bond donors (Lipinski definition) is 0. The summed E-state index contributed by atoms with van der Waals surface area (Å²) < 4.78 is 0. The van der Waals surface area contributed by atoms with Gasteiger partial charge < -0.3 is 0 Å². The Morgan fingerprint density at radius 1 is 0.684 bits per heavy atom. The molecule has 0 saturated heterocycles. The fraction of sp³-hybridized carbons (Fsp3) is 1.00. The number of unbranched alkanes of at least 4 members (excludes halogenated alkanes) is 2. The van der Waals surface area contributed by atoms with E-state index >= 15 is 0 Å². The number of hydrogen-bond acceptors (Lipinski definition) is 0. The van der Waals surface area contributed by atoms with Crippen molar-refractivity contribution in [3.05, 3.63) is 0 Å². The Balaban J connectivity index is 1.83. The Morgan fingerprint density at radius 2 is 1.21 bits per heavy atom. The molecule has 0 aromatic heterocycles. The monoisotopic (exact) mass is 260 g/mol. The van der Waals surface area contributed by atoms with Crippen LogP contribution >= 0.6 is 0 Å². The van der Waals surface area contributed by atoms with Gasteiger partial charge in [0.1, 0.15) is 0 Å². The van der Waals surface area contributed by atoms with Gasteiger partial charge in [0.05, 0.1) is 7.85 Å². The topological polar surface area (TPSA) is 0 Å². The summed E-state index contributed by atoms with van der Waals surface area (Å²) >= 11 is 0. The van der Waals surface area contributed by atoms with Crippen LogP contribution in [0.4, 0.5) is 0 Å². The lowest BCUT2D eigenvalue weighted by Crippen LogP contribution is -2.27. The van der Waals surface area contributed by atoms with Crippen molar-refractivity contribution >= 4 is 7.85 Å². The molecule has 2 radical (unpaired) electrons. The van der Waals surface area contributed by atoms with Gasteiger partial charge in [0.2, 0.25) is 0 Å². The van der Waals surface area contributed by atoms with Gasteiger partial charge in [-0.3, -0.25) is 0 Å². The van der Waals surface area contributed by atoms with E-state index in [1.54, 1.807) is 0 Å². The molecule has 2 rings (SSSR count). The lowest BCUT2D eigenvalue weighted by molar-refractivity contribution is 0.132. The largest absolute Gasteiger partial charge is 0.0887 e. The van der Waals surface area contributed by atoms with Crippen molar-refractivity contribution in [1.29, 1.82) is 0 Å². The molecule has 19 heavy (non-hydrogen) atoms. The third-order valence-corrected chi connectivity index (χ3v) is 5.75. The van der Waals surface area contributed by atoms with Crippen LogP contribution in [0.3, 0.4) is 0 Å². The summed E-state index contributed by atoms with van der Waals surface area (Å²) in [7, 11) is 5.63. The fourth-order valence-electron chi connectivity index (χ4n) is 4.68. The van der Waals surface area contributed by atoms with Gasteiger partial charge in [-0.05, 0) is 24.2 Å². The molecule has 2 fully saturated rings. The Kier molecular flexibility index (Phi) is 7.39. The molecule has 0 aromatic rings. The van der Waals surface area contributed by atoms with Gasteiger partial charge in [-0.1, -0.05) is 89.8 Å². The van der Waals surface area contributed by atoms with E-state index in [4.69, 9.17) is 7.85 Å². The maximum absolute atomic E-state index is 5.63. The average Bonchev–Trinajstić information content (AvgIpc) is 2.49. The summed E-state index contributed by atoms with van der Waals surface area (Å²) in [5.41, 5.74) is 0. The van der Waals surface area contributed by atoms with Crippen LogP contribution in [0.5, 0.6) is 0 Å². The van der Waals surface area contributed by atoms with Crippen LogP contribution in [0.2, 0.25) is 6.32 Å². The molecular formula is C18H33B. The maximum atomic E-state index is 5.63. The van der Waals surface area contributed by atoms with Gasteiger partial charge in [0.15, 0.2) is 0 Å². The third-order valence-electron chi connectivity index (χ3n) is 5.75. The van der Waals surface area contributed by atoms with E-state index in [1.807, 2.05) is 0 Å². The number of rotatable bonds is 7. The highest BCUT2D eigenvalue weighted by Crippen LogP contribution is 2.42. The lowest BCUT2D eigenvalue weighted by atomic mass is 9.68. The minimum atomic E-state index is 0.886. The SMILES string of the molecule is [B]CCCCCC(C1CCCCC1)C1CCCCC1. The highest BCUT2D eigenvalue weighted by atomic mass is 14.4. The third kappa shape index (κ3) is 5.16. The first-order valence-electron chi connectivity index (χ1n) is 9.12. The molecule has 0 unspecified atom stereocenters. The van der Waals surface area contributed by atoms with Gasteiger partial charge in [-0.2, -0.15) is 0 Å². The minimum Gasteiger partial charge on any atom is -0.0887 e. The standard InChI is InChI=1S/C18H33B/c19-15-9-3-8-14-18(16-10-4-1-5-11-16)17-12-6-2-7-13-17/h16-18H,1-15H2. The van der Waals surface area contributed by atoms with Crippen molar-refractivity contribution < 1.29 is 0 Å². The molecule has 0 nitrogen and oxygen atoms in total. The van der Waals surface area contributed by atoms with E-state index in [0.29, 0.717) is 0 Å². The van der Waals surface area contributed by atoms with E-state index in [9.17, 15) is 0 Å². The van der Waals surface area contributed by atoms with Crippen molar-refractivity contribution in [2.75, 3.05) is 0 Å². The zero-order chi connectivity index (χ0) is 13.3. The van der Waals surface area contributed by atoms with Gasteiger partial charge in [-0.15, -0.1) is 0 Å². The predicted molar refractivity (Wildman–Crippen MR) is 85.7 cm³/mol. The molecule has 0 atom stereocenters. The molecule has 2 aliphatic rings. The zero-order valence-corrected chi connectivity index (χ0v) is 12.9. The van der Waals surface area contributed by atoms with Crippen molar-refractivity contribution in [2.45, 2.75) is 96.2 Å². The van der Waals surface area contributed by atoms with Gasteiger partial charge in [0.25, 0.3) is 0 Å². The second-order valence-corrected chi connectivity index (χ2v) is 7.10. The zero-order valence-electron chi connectivity index (χ0n) is 12.9. The summed E-state index contributed by atoms with van der Waals surface area (Å²) in [5, 5.41) is 0. The van der Waals surface area contributed by atoms with Crippen LogP contribution in [0, 0.1) is 17.8 Å². The molecule has 0 heterocycles. The summed E-state index contributed by atoms with van der Waals surface area (Å²) in [5.74, 6) is 3.22. The second kappa shape index (κ2) is 9.08. The van der Waals surface area contributed by atoms with Crippen molar-refractivity contribution in [3.63, 3.8) is 0 Å². The smallest absolute Gasteiger partial charge is 0.0653 e. The van der Waals surface area contributed by atoms with E-state index in [-0.39, 0.29) is 0 Å². The van der Waals surface area contributed by atoms with Gasteiger partial charge >= 0.3 is 0 Å². The maximum Gasteiger partial charge on any atom is 0.0653 e. The highest BCUT2D eigenvalue weighted by molar-refractivity contribution is 6.08. The molecule has 1 heteroatoms. The van der Waals surface area contributed by atoms with Crippen LogP contribution in [-0.4, -0.2) is 7.85 Å². The van der Waals surface area contributed by atoms with Crippen LogP contribution in [0.25, 0.3) is 0 Å². The van der Waals surface area contributed by atoms with Crippen molar-refractivity contribution in [2.24, 2.45) is 17.8 Å². The van der Waals surface area contributed by atoms with Gasteiger partial charge in [-0.25, -0.2) is 0 Å². The lowest BCUT2D eigenvalue weighted by Gasteiger charge is -2.38. The average molecular weight is 260 g/mol. The Morgan fingerprint density at radius 3 is 1.68 bits per heavy atom. The molecule has 2 aliphatic carbocycles. The van der Waals surface area contributed by atoms with E-state index in [0.717, 1.165) is 24.1 Å². The molecule has 2 saturated carbocycles. The second-order valence-electron chi connectivity index (χ2n) is 7.10. The molecular weight excluding hydrogens is 227 g/mol. The molecule has 0 bridgehead atoms. The predicted octanol–water partition coefficient (Wildman–Crippen LogP) is 5.91. The van der Waals surface area contributed by atoms with Crippen LogP contribution in [-0.2, 0) is 0 Å².